The first kappa shape index (κ1) is 38.2. The van der Waals surface area contributed by atoms with Gasteiger partial charge < -0.3 is 4.42 Å². The first-order valence-corrected chi connectivity index (χ1v) is 22.2. The van der Waals surface area contributed by atoms with Crippen molar-refractivity contribution in [3.8, 4) is 73.6 Å². The molecule has 0 aliphatic carbocycles. The van der Waals surface area contributed by atoms with E-state index in [1.165, 1.54) is 10.8 Å². The van der Waals surface area contributed by atoms with Gasteiger partial charge in [-0.25, -0.2) is 15.0 Å². The molecule has 13 aromatic rings. The van der Waals surface area contributed by atoms with Gasteiger partial charge in [0.05, 0.1) is 17.1 Å². The highest BCUT2D eigenvalue weighted by molar-refractivity contribution is 6.24. The Morgan fingerprint density at radius 2 is 0.881 bits per heavy atom. The smallest absolute Gasteiger partial charge is 0.164 e. The molecule has 13 rings (SSSR count). The van der Waals surface area contributed by atoms with Gasteiger partial charge in [0.25, 0.3) is 0 Å². The van der Waals surface area contributed by atoms with Crippen LogP contribution in [-0.2, 0) is 0 Å². The first-order valence-electron chi connectivity index (χ1n) is 22.2. The maximum Gasteiger partial charge on any atom is 0.164 e. The number of para-hydroxylation sites is 1. The van der Waals surface area contributed by atoms with Crippen molar-refractivity contribution in [2.24, 2.45) is 0 Å². The lowest BCUT2D eigenvalue weighted by Crippen LogP contribution is -2.00. The lowest BCUT2D eigenvalue weighted by molar-refractivity contribution is 0.669. The quantitative estimate of drug-likeness (QED) is 0.155. The maximum atomic E-state index is 9.49. The lowest BCUT2D eigenvalue weighted by atomic mass is 9.86. The molecule has 3 heterocycles. The SMILES string of the molecule is N#Cc1ccc(-c2cc3c4ccccc4c(-c4ccc(-c5cccc(-c6nc(-c7ccccc7)nc(-c7ccc8c(c7)oc7ccccc78)n6)c5)c5ccccc45)cc3c3cccnc23)cc1. The minimum atomic E-state index is 0.572. The standard InChI is InChI=1S/C61H35N5O/c62-36-37-23-25-38(26-24-37)52-34-54-47-19-7-6-18-46(47)53(35-55(54)51-21-11-31-63-58(51)52)48-30-29-43(44-16-4-5-17-45(44)48)40-14-10-15-41(32-40)60-64-59(39-12-2-1-3-13-39)65-61(66-60)42-27-28-50-49-20-8-9-22-56(49)67-57(50)33-42/h1-35H. The van der Waals surface area contributed by atoms with Gasteiger partial charge in [0.2, 0.25) is 0 Å². The highest BCUT2D eigenvalue weighted by Crippen LogP contribution is 2.44. The van der Waals surface area contributed by atoms with Gasteiger partial charge in [0, 0.05) is 44.6 Å². The van der Waals surface area contributed by atoms with Crippen LogP contribution in [0.2, 0.25) is 0 Å². The Morgan fingerprint density at radius 1 is 0.328 bits per heavy atom. The van der Waals surface area contributed by atoms with Crippen LogP contribution in [0.5, 0.6) is 0 Å². The molecule has 0 atom stereocenters. The van der Waals surface area contributed by atoms with E-state index in [9.17, 15) is 5.26 Å². The van der Waals surface area contributed by atoms with E-state index in [4.69, 9.17) is 24.4 Å². The molecule has 0 amide bonds. The molecule has 0 saturated carbocycles. The molecule has 3 aromatic heterocycles. The summed E-state index contributed by atoms with van der Waals surface area (Å²) in [4.78, 5) is 20.2. The van der Waals surface area contributed by atoms with E-state index in [0.717, 1.165) is 104 Å². The van der Waals surface area contributed by atoms with Crippen LogP contribution in [-0.4, -0.2) is 19.9 Å². The van der Waals surface area contributed by atoms with Gasteiger partial charge in [-0.15, -0.1) is 0 Å². The summed E-state index contributed by atoms with van der Waals surface area (Å²) < 4.78 is 6.28. The van der Waals surface area contributed by atoms with Crippen LogP contribution < -0.4 is 0 Å². The molecule has 0 radical (unpaired) electrons. The summed E-state index contributed by atoms with van der Waals surface area (Å²) in [5.41, 5.74) is 12.4. The molecule has 6 nitrogen and oxygen atoms in total. The number of hydrogen-bond acceptors (Lipinski definition) is 6. The molecule has 0 spiro atoms. The fraction of sp³-hybridized carbons (Fsp3) is 0. The van der Waals surface area contributed by atoms with Gasteiger partial charge in [0.1, 0.15) is 11.2 Å². The van der Waals surface area contributed by atoms with Gasteiger partial charge in [-0.3, -0.25) is 4.98 Å². The second kappa shape index (κ2) is 15.4. The zero-order valence-electron chi connectivity index (χ0n) is 35.9. The third kappa shape index (κ3) is 6.41. The Hall–Kier alpha value is -9.31. The van der Waals surface area contributed by atoms with Crippen LogP contribution >= 0.6 is 0 Å². The van der Waals surface area contributed by atoms with Crippen LogP contribution in [0.25, 0.3) is 133 Å². The van der Waals surface area contributed by atoms with E-state index in [0.29, 0.717) is 23.0 Å². The van der Waals surface area contributed by atoms with Gasteiger partial charge in [-0.05, 0) is 115 Å². The third-order valence-electron chi connectivity index (χ3n) is 13.0. The predicted molar refractivity (Wildman–Crippen MR) is 272 cm³/mol. The molecule has 0 aliphatic rings. The molecule has 0 aliphatic heterocycles. The van der Waals surface area contributed by atoms with Crippen LogP contribution in [0.3, 0.4) is 0 Å². The number of benzene rings is 10. The predicted octanol–water partition coefficient (Wildman–Crippen LogP) is 15.7. The average Bonchev–Trinajstić information content (AvgIpc) is 3.78. The van der Waals surface area contributed by atoms with Crippen molar-refractivity contribution in [2.45, 2.75) is 0 Å². The number of nitrogens with zero attached hydrogens (tertiary/aromatic N) is 5. The maximum absolute atomic E-state index is 9.49. The van der Waals surface area contributed by atoms with Gasteiger partial charge in [0.15, 0.2) is 17.5 Å². The minimum absolute atomic E-state index is 0.572. The number of pyridine rings is 1. The second-order valence-electron chi connectivity index (χ2n) is 16.8. The molecule has 0 bridgehead atoms. The Labute approximate surface area is 384 Å². The summed E-state index contributed by atoms with van der Waals surface area (Å²) >= 11 is 0. The fourth-order valence-corrected chi connectivity index (χ4v) is 9.82. The number of hydrogen-bond donors (Lipinski definition) is 0. The van der Waals surface area contributed by atoms with Gasteiger partial charge in [-0.1, -0.05) is 152 Å². The largest absolute Gasteiger partial charge is 0.456 e. The zero-order chi connectivity index (χ0) is 44.4. The number of rotatable bonds is 6. The molecule has 0 N–H and O–H groups in total. The summed E-state index contributed by atoms with van der Waals surface area (Å²) in [5, 5.41) is 19.6. The van der Waals surface area contributed by atoms with Crippen LogP contribution in [0.15, 0.2) is 217 Å². The summed E-state index contributed by atoms with van der Waals surface area (Å²) in [5.74, 6) is 1.76. The first-order chi connectivity index (χ1) is 33.1. The van der Waals surface area contributed by atoms with Gasteiger partial charge in [-0.2, -0.15) is 5.26 Å². The van der Waals surface area contributed by atoms with Crippen LogP contribution in [0.1, 0.15) is 5.56 Å². The summed E-state index contributed by atoms with van der Waals surface area (Å²) in [6, 6.07) is 73.6. The van der Waals surface area contributed by atoms with Crippen molar-refractivity contribution < 1.29 is 4.42 Å². The van der Waals surface area contributed by atoms with Crippen molar-refractivity contribution in [3.05, 3.63) is 218 Å². The average molecular weight is 854 g/mol. The van der Waals surface area contributed by atoms with E-state index in [2.05, 4.69) is 127 Å². The number of fused-ring (bicyclic) bond motifs is 9. The van der Waals surface area contributed by atoms with Crippen molar-refractivity contribution in [2.75, 3.05) is 0 Å². The Bertz CT molecular complexity index is 4170. The summed E-state index contributed by atoms with van der Waals surface area (Å²) in [6.07, 6.45) is 1.86. The minimum Gasteiger partial charge on any atom is -0.456 e. The summed E-state index contributed by atoms with van der Waals surface area (Å²) in [7, 11) is 0. The third-order valence-corrected chi connectivity index (χ3v) is 13.0. The Balaban J connectivity index is 0.952. The van der Waals surface area contributed by atoms with E-state index in [-0.39, 0.29) is 0 Å². The molecule has 6 heteroatoms. The van der Waals surface area contributed by atoms with E-state index >= 15 is 0 Å². The van der Waals surface area contributed by atoms with Crippen LogP contribution in [0.4, 0.5) is 0 Å². The molecule has 10 aromatic carbocycles. The highest BCUT2D eigenvalue weighted by atomic mass is 16.3. The molecule has 310 valence electrons. The molecular formula is C61H35N5O. The number of nitriles is 1. The van der Waals surface area contributed by atoms with Crippen molar-refractivity contribution in [3.63, 3.8) is 0 Å². The molecular weight excluding hydrogens is 819 g/mol. The van der Waals surface area contributed by atoms with Crippen LogP contribution in [0, 0.1) is 11.3 Å². The van der Waals surface area contributed by atoms with Crippen molar-refractivity contribution in [1.82, 2.24) is 19.9 Å². The molecule has 67 heavy (non-hydrogen) atoms. The van der Waals surface area contributed by atoms with Gasteiger partial charge >= 0.3 is 0 Å². The molecule has 0 fully saturated rings. The zero-order valence-corrected chi connectivity index (χ0v) is 35.9. The second-order valence-corrected chi connectivity index (χ2v) is 16.8. The summed E-state index contributed by atoms with van der Waals surface area (Å²) in [6.45, 7) is 0. The molecule has 0 saturated heterocycles. The topological polar surface area (TPSA) is 88.5 Å². The monoisotopic (exact) mass is 853 g/mol. The number of furan rings is 1. The van der Waals surface area contributed by atoms with E-state index in [1.807, 2.05) is 91.1 Å². The fourth-order valence-electron chi connectivity index (χ4n) is 9.82. The van der Waals surface area contributed by atoms with E-state index < -0.39 is 0 Å². The normalized spacial score (nSPS) is 11.6. The lowest BCUT2D eigenvalue weighted by Gasteiger charge is -2.18. The molecule has 0 unspecified atom stereocenters. The highest BCUT2D eigenvalue weighted by Gasteiger charge is 2.19. The van der Waals surface area contributed by atoms with Crippen molar-refractivity contribution >= 4 is 65.2 Å². The Morgan fingerprint density at radius 3 is 1.66 bits per heavy atom. The Kier molecular flexibility index (Phi) is 8.80. The van der Waals surface area contributed by atoms with Crippen molar-refractivity contribution in [1.29, 1.82) is 5.26 Å². The number of aromatic nitrogens is 4. The van der Waals surface area contributed by atoms with E-state index in [1.54, 1.807) is 0 Å².